The van der Waals surface area contributed by atoms with Gasteiger partial charge in [0.25, 0.3) is 0 Å². The molecule has 1 aromatic carbocycles. The Morgan fingerprint density at radius 2 is 1.79 bits per heavy atom. The van der Waals surface area contributed by atoms with Crippen molar-refractivity contribution < 1.29 is 9.90 Å². The van der Waals surface area contributed by atoms with Crippen LogP contribution in [0.5, 0.6) is 0 Å². The minimum absolute atomic E-state index is 0.152. The average molecular weight is 390 g/mol. The molecule has 0 amide bonds. The van der Waals surface area contributed by atoms with Crippen molar-refractivity contribution >= 4 is 28.4 Å². The Balaban J connectivity index is 1.46. The fourth-order valence-electron chi connectivity index (χ4n) is 4.08. The molecule has 2 aliphatic rings. The number of nitrogens with zero attached hydrogens (tertiary/aromatic N) is 4. The van der Waals surface area contributed by atoms with Crippen LogP contribution in [0.1, 0.15) is 29.2 Å². The molecule has 1 aliphatic heterocycles. The Hall–Kier alpha value is -3.35. The summed E-state index contributed by atoms with van der Waals surface area (Å²) in [5, 5.41) is 9.88. The van der Waals surface area contributed by atoms with E-state index in [4.69, 9.17) is 0 Å². The van der Waals surface area contributed by atoms with Gasteiger partial charge < -0.3 is 19.5 Å². The molecule has 7 nitrogen and oxygen atoms in total. The predicted molar refractivity (Wildman–Crippen MR) is 112 cm³/mol. The summed E-state index contributed by atoms with van der Waals surface area (Å²) in [6, 6.07) is 12.0. The third-order valence-electron chi connectivity index (χ3n) is 5.81. The number of pyridine rings is 2. The Kier molecular flexibility index (Phi) is 4.23. The largest absolute Gasteiger partial charge is 0.477 e. The molecular weight excluding hydrogens is 368 g/mol. The molecule has 0 bridgehead atoms. The molecule has 0 spiro atoms. The number of carboxylic acid groups (broad SMARTS) is 1. The first-order valence-corrected chi connectivity index (χ1v) is 9.95. The summed E-state index contributed by atoms with van der Waals surface area (Å²) in [5.41, 5.74) is 1.33. The molecule has 148 valence electrons. The zero-order valence-corrected chi connectivity index (χ0v) is 16.0. The second-order valence-corrected chi connectivity index (χ2v) is 7.68. The molecule has 1 aliphatic carbocycles. The SMILES string of the molecule is O=C(O)c1cn(C2CC2)c2cc(N3CCN(c4ccccn4)CC3)ccc2c1=O. The fourth-order valence-corrected chi connectivity index (χ4v) is 4.08. The van der Waals surface area contributed by atoms with Crippen molar-refractivity contribution in [3.63, 3.8) is 0 Å². The first-order chi connectivity index (χ1) is 14.1. The van der Waals surface area contributed by atoms with E-state index in [2.05, 4.69) is 14.8 Å². The van der Waals surface area contributed by atoms with Crippen LogP contribution in [0.2, 0.25) is 0 Å². The molecule has 1 saturated heterocycles. The maximum absolute atomic E-state index is 12.6. The predicted octanol–water partition coefficient (Wildman–Crippen LogP) is 2.76. The number of rotatable bonds is 4. The van der Waals surface area contributed by atoms with E-state index in [9.17, 15) is 14.7 Å². The highest BCUT2D eigenvalue weighted by Crippen LogP contribution is 2.37. The number of hydrogen-bond acceptors (Lipinski definition) is 5. The van der Waals surface area contributed by atoms with E-state index in [0.717, 1.165) is 56.0 Å². The van der Waals surface area contributed by atoms with Crippen LogP contribution in [0.15, 0.2) is 53.6 Å². The van der Waals surface area contributed by atoms with Crippen molar-refractivity contribution in [2.75, 3.05) is 36.0 Å². The highest BCUT2D eigenvalue weighted by Gasteiger charge is 2.27. The van der Waals surface area contributed by atoms with Gasteiger partial charge in [-0.25, -0.2) is 9.78 Å². The van der Waals surface area contributed by atoms with Gasteiger partial charge in [-0.1, -0.05) is 6.07 Å². The number of aromatic carboxylic acids is 1. The van der Waals surface area contributed by atoms with Crippen LogP contribution in [0.25, 0.3) is 10.9 Å². The first-order valence-electron chi connectivity index (χ1n) is 9.95. The minimum atomic E-state index is -1.17. The molecule has 0 atom stereocenters. The lowest BCUT2D eigenvalue weighted by molar-refractivity contribution is 0.0695. The molecule has 3 heterocycles. The first kappa shape index (κ1) is 17.7. The van der Waals surface area contributed by atoms with Crippen LogP contribution in [-0.2, 0) is 0 Å². The van der Waals surface area contributed by atoms with Gasteiger partial charge in [0.2, 0.25) is 5.43 Å². The topological polar surface area (TPSA) is 78.7 Å². The van der Waals surface area contributed by atoms with E-state index in [1.807, 2.05) is 41.1 Å². The second-order valence-electron chi connectivity index (χ2n) is 7.68. The third-order valence-corrected chi connectivity index (χ3v) is 5.81. The van der Waals surface area contributed by atoms with Crippen LogP contribution in [-0.4, -0.2) is 46.8 Å². The molecule has 3 aromatic rings. The maximum Gasteiger partial charge on any atom is 0.341 e. The lowest BCUT2D eigenvalue weighted by atomic mass is 10.1. The number of carboxylic acids is 1. The van der Waals surface area contributed by atoms with Gasteiger partial charge in [-0.2, -0.15) is 0 Å². The van der Waals surface area contributed by atoms with Crippen molar-refractivity contribution in [2.24, 2.45) is 0 Å². The standard InChI is InChI=1S/C22H22N4O3/c27-21-17-7-6-16(13-19(17)26(15-4-5-15)14-18(21)22(28)29)24-9-11-25(12-10-24)20-3-1-2-8-23-20/h1-3,6-8,13-15H,4-5,9-12H2,(H,28,29). The summed E-state index contributed by atoms with van der Waals surface area (Å²) < 4.78 is 1.98. The number of benzene rings is 1. The number of anilines is 2. The van der Waals surface area contributed by atoms with Crippen molar-refractivity contribution in [3.05, 3.63) is 64.6 Å². The summed E-state index contributed by atoms with van der Waals surface area (Å²) in [6.45, 7) is 3.48. The summed E-state index contributed by atoms with van der Waals surface area (Å²) >= 11 is 0. The molecule has 2 aromatic heterocycles. The molecular formula is C22H22N4O3. The van der Waals surface area contributed by atoms with E-state index >= 15 is 0 Å². The summed E-state index contributed by atoms with van der Waals surface area (Å²) in [7, 11) is 0. The lowest BCUT2D eigenvalue weighted by Crippen LogP contribution is -2.46. The van der Waals surface area contributed by atoms with Gasteiger partial charge in [-0.3, -0.25) is 4.79 Å². The van der Waals surface area contributed by atoms with Crippen molar-refractivity contribution in [3.8, 4) is 0 Å². The number of aromatic nitrogens is 2. The van der Waals surface area contributed by atoms with Gasteiger partial charge in [-0.15, -0.1) is 0 Å². The molecule has 0 unspecified atom stereocenters. The highest BCUT2D eigenvalue weighted by atomic mass is 16.4. The molecule has 7 heteroatoms. The molecule has 29 heavy (non-hydrogen) atoms. The third kappa shape index (κ3) is 3.22. The van der Waals surface area contributed by atoms with Gasteiger partial charge >= 0.3 is 5.97 Å². The highest BCUT2D eigenvalue weighted by molar-refractivity contribution is 5.93. The van der Waals surface area contributed by atoms with E-state index in [0.29, 0.717) is 5.39 Å². The van der Waals surface area contributed by atoms with Gasteiger partial charge in [0.05, 0.1) is 5.52 Å². The smallest absolute Gasteiger partial charge is 0.341 e. The monoisotopic (exact) mass is 390 g/mol. The van der Waals surface area contributed by atoms with E-state index in [1.165, 1.54) is 6.20 Å². The Labute approximate surface area is 167 Å². The quantitative estimate of drug-likeness (QED) is 0.738. The molecule has 5 rings (SSSR count). The van der Waals surface area contributed by atoms with Gasteiger partial charge in [0.1, 0.15) is 11.4 Å². The molecule has 0 radical (unpaired) electrons. The zero-order valence-electron chi connectivity index (χ0n) is 16.0. The maximum atomic E-state index is 12.6. The van der Waals surface area contributed by atoms with E-state index < -0.39 is 11.4 Å². The number of fused-ring (bicyclic) bond motifs is 1. The Bertz CT molecular complexity index is 1130. The summed E-state index contributed by atoms with van der Waals surface area (Å²) in [4.78, 5) is 33.1. The van der Waals surface area contributed by atoms with Crippen molar-refractivity contribution in [1.82, 2.24) is 9.55 Å². The minimum Gasteiger partial charge on any atom is -0.477 e. The van der Waals surface area contributed by atoms with Crippen LogP contribution >= 0.6 is 0 Å². The van der Waals surface area contributed by atoms with Crippen LogP contribution in [0.3, 0.4) is 0 Å². The number of piperazine rings is 1. The van der Waals surface area contributed by atoms with E-state index in [-0.39, 0.29) is 11.6 Å². The van der Waals surface area contributed by atoms with Crippen LogP contribution in [0, 0.1) is 0 Å². The van der Waals surface area contributed by atoms with Gasteiger partial charge in [-0.05, 0) is 43.2 Å². The van der Waals surface area contributed by atoms with Crippen molar-refractivity contribution in [1.29, 1.82) is 0 Å². The second kappa shape index (κ2) is 6.92. The fraction of sp³-hybridized carbons (Fsp3) is 0.318. The summed E-state index contributed by atoms with van der Waals surface area (Å²) in [6.07, 6.45) is 5.37. The normalized spacial score (nSPS) is 17.0. The number of hydrogen-bond donors (Lipinski definition) is 1. The van der Waals surface area contributed by atoms with Crippen LogP contribution in [0.4, 0.5) is 11.5 Å². The Morgan fingerprint density at radius 3 is 2.45 bits per heavy atom. The Morgan fingerprint density at radius 1 is 1.03 bits per heavy atom. The van der Waals surface area contributed by atoms with Crippen LogP contribution < -0.4 is 15.2 Å². The van der Waals surface area contributed by atoms with Gasteiger partial charge in [0, 0.05) is 55.7 Å². The zero-order chi connectivity index (χ0) is 20.0. The average Bonchev–Trinajstić information content (AvgIpc) is 3.59. The summed E-state index contributed by atoms with van der Waals surface area (Å²) in [5.74, 6) is -0.171. The van der Waals surface area contributed by atoms with E-state index in [1.54, 1.807) is 6.07 Å². The molecule has 1 saturated carbocycles. The number of carbonyl (C=O) groups is 1. The molecule has 2 fully saturated rings. The van der Waals surface area contributed by atoms with Crippen molar-refractivity contribution in [2.45, 2.75) is 18.9 Å². The lowest BCUT2D eigenvalue weighted by Gasteiger charge is -2.36. The van der Waals surface area contributed by atoms with Gasteiger partial charge in [0.15, 0.2) is 0 Å². The molecule has 1 N–H and O–H groups in total.